The van der Waals surface area contributed by atoms with Crippen molar-refractivity contribution in [2.75, 3.05) is 0 Å². The van der Waals surface area contributed by atoms with Crippen molar-refractivity contribution >= 4 is 5.78 Å². The molecule has 0 bridgehead atoms. The second-order valence-corrected chi connectivity index (χ2v) is 6.42. The van der Waals surface area contributed by atoms with Crippen molar-refractivity contribution in [3.63, 3.8) is 0 Å². The van der Waals surface area contributed by atoms with E-state index >= 15 is 0 Å². The van der Waals surface area contributed by atoms with Crippen molar-refractivity contribution in [2.45, 2.75) is 33.1 Å². The zero-order chi connectivity index (χ0) is 18.5. The number of rotatable bonds is 6. The van der Waals surface area contributed by atoms with Crippen LogP contribution < -0.4 is 0 Å². The number of nitriles is 1. The smallest absolute Gasteiger partial charge is 0.137 e. The Balaban J connectivity index is 1.67. The lowest BCUT2D eigenvalue weighted by atomic mass is 10.0. The lowest BCUT2D eigenvalue weighted by molar-refractivity contribution is -0.118. The van der Waals surface area contributed by atoms with Crippen LogP contribution in [0.1, 0.15) is 34.5 Å². The Labute approximate surface area is 153 Å². The summed E-state index contributed by atoms with van der Waals surface area (Å²) in [5.74, 6) is 0.202. The molecule has 0 saturated heterocycles. The maximum absolute atomic E-state index is 12.5. The summed E-state index contributed by atoms with van der Waals surface area (Å²) < 4.78 is 1.90. The third-order valence-electron chi connectivity index (χ3n) is 4.59. The van der Waals surface area contributed by atoms with Gasteiger partial charge in [-0.3, -0.25) is 4.79 Å². The highest BCUT2D eigenvalue weighted by molar-refractivity contribution is 5.81. The molecular formula is C22H21N3O. The number of hydrogen-bond donors (Lipinski definition) is 0. The van der Waals surface area contributed by atoms with Gasteiger partial charge in [0.15, 0.2) is 0 Å². The first-order valence-electron chi connectivity index (χ1n) is 8.69. The number of ketones is 1. The predicted octanol–water partition coefficient (Wildman–Crippen LogP) is 4.11. The van der Waals surface area contributed by atoms with Crippen LogP contribution in [-0.4, -0.2) is 15.6 Å². The molecule has 3 rings (SSSR count). The van der Waals surface area contributed by atoms with Crippen LogP contribution in [0.25, 0.3) is 5.69 Å². The largest absolute Gasteiger partial charge is 0.299 e. The molecule has 26 heavy (non-hydrogen) atoms. The van der Waals surface area contributed by atoms with Gasteiger partial charge in [-0.05, 0) is 50.1 Å². The summed E-state index contributed by atoms with van der Waals surface area (Å²) in [7, 11) is 0. The van der Waals surface area contributed by atoms with Crippen LogP contribution in [0, 0.1) is 25.2 Å². The second kappa shape index (κ2) is 7.79. The molecule has 0 amide bonds. The molecule has 0 fully saturated rings. The van der Waals surface area contributed by atoms with Crippen LogP contribution in [0.2, 0.25) is 0 Å². The average Bonchev–Trinajstić information content (AvgIpc) is 2.95. The van der Waals surface area contributed by atoms with E-state index < -0.39 is 0 Å². The zero-order valence-electron chi connectivity index (χ0n) is 15.1. The Morgan fingerprint density at radius 2 is 1.77 bits per heavy atom. The molecule has 0 aliphatic heterocycles. The van der Waals surface area contributed by atoms with Crippen LogP contribution in [0.4, 0.5) is 0 Å². The van der Waals surface area contributed by atoms with Gasteiger partial charge in [0.05, 0.1) is 23.0 Å². The minimum Gasteiger partial charge on any atom is -0.299 e. The Hall–Kier alpha value is -3.19. The number of aromatic nitrogens is 2. The van der Waals surface area contributed by atoms with E-state index in [9.17, 15) is 4.79 Å². The minimum atomic E-state index is 0.202. The Morgan fingerprint density at radius 1 is 1.08 bits per heavy atom. The SMILES string of the molecule is Cc1nn(-c2ccccc2)c(C)c1CC(=O)CCc1ccc(C#N)cc1. The van der Waals surface area contributed by atoms with Crippen molar-refractivity contribution in [2.24, 2.45) is 0 Å². The van der Waals surface area contributed by atoms with Crippen LogP contribution in [0.15, 0.2) is 54.6 Å². The quantitative estimate of drug-likeness (QED) is 0.677. The van der Waals surface area contributed by atoms with Gasteiger partial charge in [-0.15, -0.1) is 0 Å². The van der Waals surface area contributed by atoms with Gasteiger partial charge in [0.25, 0.3) is 0 Å². The molecule has 0 N–H and O–H groups in total. The Bertz CT molecular complexity index is 948. The maximum Gasteiger partial charge on any atom is 0.137 e. The molecular weight excluding hydrogens is 322 g/mol. The van der Waals surface area contributed by atoms with Crippen LogP contribution in [-0.2, 0) is 17.6 Å². The van der Waals surface area contributed by atoms with Gasteiger partial charge in [-0.25, -0.2) is 4.68 Å². The first-order chi connectivity index (χ1) is 12.6. The van der Waals surface area contributed by atoms with Crippen molar-refractivity contribution in [3.05, 3.63) is 82.7 Å². The van der Waals surface area contributed by atoms with Crippen molar-refractivity contribution in [1.82, 2.24) is 9.78 Å². The first-order valence-corrected chi connectivity index (χ1v) is 8.69. The monoisotopic (exact) mass is 343 g/mol. The molecule has 0 atom stereocenters. The Morgan fingerprint density at radius 3 is 2.42 bits per heavy atom. The second-order valence-electron chi connectivity index (χ2n) is 6.42. The maximum atomic E-state index is 12.5. The van der Waals surface area contributed by atoms with Gasteiger partial charge in [-0.1, -0.05) is 30.3 Å². The summed E-state index contributed by atoms with van der Waals surface area (Å²) in [6, 6.07) is 19.5. The van der Waals surface area contributed by atoms with E-state index in [1.165, 1.54) is 0 Å². The molecule has 0 radical (unpaired) electrons. The van der Waals surface area contributed by atoms with Gasteiger partial charge in [-0.2, -0.15) is 10.4 Å². The van der Waals surface area contributed by atoms with E-state index in [1.54, 1.807) is 12.1 Å². The summed E-state index contributed by atoms with van der Waals surface area (Å²) in [5, 5.41) is 13.4. The molecule has 0 unspecified atom stereocenters. The first kappa shape index (κ1) is 17.6. The molecule has 0 aliphatic rings. The van der Waals surface area contributed by atoms with Gasteiger partial charge >= 0.3 is 0 Å². The molecule has 2 aromatic carbocycles. The van der Waals surface area contributed by atoms with Crippen molar-refractivity contribution in [3.8, 4) is 11.8 Å². The van der Waals surface area contributed by atoms with E-state index in [1.807, 2.05) is 61.0 Å². The highest BCUT2D eigenvalue weighted by Gasteiger charge is 2.15. The van der Waals surface area contributed by atoms with Gasteiger partial charge in [0, 0.05) is 24.1 Å². The van der Waals surface area contributed by atoms with Gasteiger partial charge < -0.3 is 0 Å². The summed E-state index contributed by atoms with van der Waals surface area (Å²) in [6.07, 6.45) is 1.58. The molecule has 1 aromatic heterocycles. The predicted molar refractivity (Wildman–Crippen MR) is 101 cm³/mol. The number of aryl methyl sites for hydroxylation is 2. The highest BCUT2D eigenvalue weighted by atomic mass is 16.1. The number of hydrogen-bond acceptors (Lipinski definition) is 3. The van der Waals surface area contributed by atoms with Crippen LogP contribution in [0.3, 0.4) is 0 Å². The summed E-state index contributed by atoms with van der Waals surface area (Å²) in [5.41, 5.74) is 5.65. The lowest BCUT2D eigenvalue weighted by Gasteiger charge is -2.05. The zero-order valence-corrected chi connectivity index (χ0v) is 15.1. The molecule has 4 nitrogen and oxygen atoms in total. The topological polar surface area (TPSA) is 58.7 Å². The van der Waals surface area contributed by atoms with E-state index in [0.717, 1.165) is 28.2 Å². The van der Waals surface area contributed by atoms with Gasteiger partial charge in [0.1, 0.15) is 5.78 Å². The van der Waals surface area contributed by atoms with E-state index in [4.69, 9.17) is 5.26 Å². The standard InChI is InChI=1S/C22H21N3O/c1-16-22(17(2)25(24-16)20-6-4-3-5-7-20)14-21(26)13-12-18-8-10-19(15-23)11-9-18/h3-11H,12-14H2,1-2H3. The number of carbonyl (C=O) groups is 1. The van der Waals surface area contributed by atoms with E-state index in [0.29, 0.717) is 24.8 Å². The molecule has 0 aliphatic carbocycles. The fourth-order valence-corrected chi connectivity index (χ4v) is 3.07. The third-order valence-corrected chi connectivity index (χ3v) is 4.59. The van der Waals surface area contributed by atoms with Crippen LogP contribution in [0.5, 0.6) is 0 Å². The molecule has 0 spiro atoms. The number of para-hydroxylation sites is 1. The number of carbonyl (C=O) groups excluding carboxylic acids is 1. The third kappa shape index (κ3) is 3.89. The number of nitrogens with zero attached hydrogens (tertiary/aromatic N) is 3. The van der Waals surface area contributed by atoms with Crippen molar-refractivity contribution in [1.29, 1.82) is 5.26 Å². The van der Waals surface area contributed by atoms with E-state index in [-0.39, 0.29) is 5.78 Å². The molecule has 4 heteroatoms. The Kier molecular flexibility index (Phi) is 5.28. The lowest BCUT2D eigenvalue weighted by Crippen LogP contribution is -2.06. The normalized spacial score (nSPS) is 10.5. The molecule has 130 valence electrons. The highest BCUT2D eigenvalue weighted by Crippen LogP contribution is 2.19. The number of benzene rings is 2. The van der Waals surface area contributed by atoms with E-state index in [2.05, 4.69) is 11.2 Å². The minimum absolute atomic E-state index is 0.202. The molecule has 1 heterocycles. The molecule has 0 saturated carbocycles. The fourth-order valence-electron chi connectivity index (χ4n) is 3.07. The average molecular weight is 343 g/mol. The van der Waals surface area contributed by atoms with Gasteiger partial charge in [0.2, 0.25) is 0 Å². The fraction of sp³-hybridized carbons (Fsp3) is 0.227. The number of Topliss-reactive ketones (excluding diaryl/α,β-unsaturated/α-hetero) is 1. The summed E-state index contributed by atoms with van der Waals surface area (Å²) in [4.78, 5) is 12.5. The summed E-state index contributed by atoms with van der Waals surface area (Å²) >= 11 is 0. The van der Waals surface area contributed by atoms with Crippen molar-refractivity contribution < 1.29 is 4.79 Å². The van der Waals surface area contributed by atoms with Crippen LogP contribution >= 0.6 is 0 Å². The molecule has 3 aromatic rings. The summed E-state index contributed by atoms with van der Waals surface area (Å²) in [6.45, 7) is 3.96.